The van der Waals surface area contributed by atoms with Crippen LogP contribution in [-0.4, -0.2) is 28.2 Å². The van der Waals surface area contributed by atoms with Crippen LogP contribution in [0.4, 0.5) is 13.2 Å². The van der Waals surface area contributed by atoms with Gasteiger partial charge in [-0.05, 0) is 0 Å². The van der Waals surface area contributed by atoms with Crippen LogP contribution in [0, 0.1) is 0 Å². The molecule has 0 aromatic rings. The van der Waals surface area contributed by atoms with E-state index >= 15 is 0 Å². The van der Waals surface area contributed by atoms with Gasteiger partial charge in [0.05, 0.1) is 0 Å². The van der Waals surface area contributed by atoms with Crippen LogP contribution in [0.5, 0.6) is 0 Å². The third-order valence-electron chi connectivity index (χ3n) is 0.703. The van der Waals surface area contributed by atoms with Crippen molar-refractivity contribution in [2.75, 3.05) is 6.29 Å². The molecule has 0 rings (SSSR count). The Morgan fingerprint density at radius 3 is 2.08 bits per heavy atom. The Balaban J connectivity index is 3.98. The van der Waals surface area contributed by atoms with Gasteiger partial charge in [-0.15, -0.1) is 0 Å². The molecule has 12 heavy (non-hydrogen) atoms. The highest BCUT2D eigenvalue weighted by molar-refractivity contribution is 7.51. The standard InChI is InChI=1S/C3H5F3NO4P/c4-3(5,6)2(8)7-1-12(9,10)11/h1H2,(H,7,8)(H2,9,10,11). The van der Waals surface area contributed by atoms with Crippen molar-refractivity contribution < 1.29 is 32.3 Å². The van der Waals surface area contributed by atoms with Gasteiger partial charge in [-0.2, -0.15) is 13.2 Å². The summed E-state index contributed by atoms with van der Waals surface area (Å²) in [6, 6.07) is 0. The molecule has 0 aliphatic heterocycles. The molecule has 0 saturated carbocycles. The number of carbonyl (C=O) groups excluding carboxylic acids is 1. The molecule has 0 heterocycles. The molecular weight excluding hydrogens is 202 g/mol. The van der Waals surface area contributed by atoms with Gasteiger partial charge in [-0.25, -0.2) is 0 Å². The SMILES string of the molecule is O=C(NCP(=O)(O)O)C(F)(F)F. The molecule has 0 aliphatic carbocycles. The number of amides is 1. The van der Waals surface area contributed by atoms with Gasteiger partial charge in [0, 0.05) is 0 Å². The lowest BCUT2D eigenvalue weighted by atomic mass is 10.6. The zero-order valence-electron chi connectivity index (χ0n) is 5.50. The van der Waals surface area contributed by atoms with E-state index in [1.807, 2.05) is 0 Å². The number of alkyl halides is 3. The summed E-state index contributed by atoms with van der Waals surface area (Å²) in [5, 5.41) is 1.04. The first-order valence-electron chi connectivity index (χ1n) is 2.52. The van der Waals surface area contributed by atoms with Crippen LogP contribution >= 0.6 is 7.60 Å². The maximum absolute atomic E-state index is 11.4. The summed E-state index contributed by atoms with van der Waals surface area (Å²) in [4.78, 5) is 26.1. The highest BCUT2D eigenvalue weighted by Gasteiger charge is 2.39. The van der Waals surface area contributed by atoms with E-state index in [0.29, 0.717) is 0 Å². The van der Waals surface area contributed by atoms with Gasteiger partial charge in [-0.3, -0.25) is 9.36 Å². The van der Waals surface area contributed by atoms with Crippen LogP contribution in [0.25, 0.3) is 0 Å². The van der Waals surface area contributed by atoms with Gasteiger partial charge < -0.3 is 15.1 Å². The van der Waals surface area contributed by atoms with Crippen molar-refractivity contribution in [2.24, 2.45) is 0 Å². The highest BCUT2D eigenvalue weighted by Crippen LogP contribution is 2.32. The fourth-order valence-electron chi connectivity index (χ4n) is 0.275. The summed E-state index contributed by atoms with van der Waals surface area (Å²) in [6.07, 6.45) is -6.43. The predicted molar refractivity (Wildman–Crippen MR) is 31.1 cm³/mol. The highest BCUT2D eigenvalue weighted by atomic mass is 31.2. The molecule has 0 unspecified atom stereocenters. The van der Waals surface area contributed by atoms with E-state index < -0.39 is 26.0 Å². The van der Waals surface area contributed by atoms with Crippen LogP contribution in [0.1, 0.15) is 0 Å². The number of rotatable bonds is 2. The topological polar surface area (TPSA) is 86.6 Å². The molecule has 0 aromatic carbocycles. The number of hydrogen-bond acceptors (Lipinski definition) is 2. The zero-order valence-corrected chi connectivity index (χ0v) is 6.39. The second-order valence-electron chi connectivity index (χ2n) is 1.83. The van der Waals surface area contributed by atoms with E-state index in [-0.39, 0.29) is 0 Å². The second-order valence-corrected chi connectivity index (χ2v) is 3.47. The molecular formula is C3H5F3NO4P. The van der Waals surface area contributed by atoms with E-state index in [9.17, 15) is 22.5 Å². The third-order valence-corrected chi connectivity index (χ3v) is 1.27. The monoisotopic (exact) mass is 207 g/mol. The summed E-state index contributed by atoms with van der Waals surface area (Å²) >= 11 is 0. The Labute approximate surface area is 64.7 Å². The van der Waals surface area contributed by atoms with Crippen LogP contribution < -0.4 is 5.32 Å². The van der Waals surface area contributed by atoms with Gasteiger partial charge in [-0.1, -0.05) is 0 Å². The minimum absolute atomic E-state index is 1.04. The van der Waals surface area contributed by atoms with E-state index in [1.165, 1.54) is 0 Å². The molecule has 1 amide bonds. The summed E-state index contributed by atoms with van der Waals surface area (Å²) in [5.41, 5.74) is 0. The average Bonchev–Trinajstić information content (AvgIpc) is 1.78. The largest absolute Gasteiger partial charge is 0.471 e. The van der Waals surface area contributed by atoms with Crippen molar-refractivity contribution in [3.05, 3.63) is 0 Å². The first-order chi connectivity index (χ1) is 5.13. The molecule has 0 aromatic heterocycles. The van der Waals surface area contributed by atoms with Crippen LogP contribution in [0.15, 0.2) is 0 Å². The molecule has 0 radical (unpaired) electrons. The molecule has 3 N–H and O–H groups in total. The molecule has 0 atom stereocenters. The number of halogens is 3. The lowest BCUT2D eigenvalue weighted by Gasteiger charge is -2.07. The maximum Gasteiger partial charge on any atom is 0.471 e. The number of nitrogens with one attached hydrogen (secondary N) is 1. The van der Waals surface area contributed by atoms with Crippen molar-refractivity contribution in [3.63, 3.8) is 0 Å². The Kier molecular flexibility index (Phi) is 3.25. The van der Waals surface area contributed by atoms with E-state index in [0.717, 1.165) is 5.32 Å². The fourth-order valence-corrected chi connectivity index (χ4v) is 0.625. The third kappa shape index (κ3) is 5.11. The zero-order chi connectivity index (χ0) is 9.99. The smallest absolute Gasteiger partial charge is 0.337 e. The van der Waals surface area contributed by atoms with Crippen LogP contribution in [0.3, 0.4) is 0 Å². The molecule has 0 fully saturated rings. The minimum Gasteiger partial charge on any atom is -0.337 e. The Hall–Kier alpha value is -0.590. The molecule has 0 spiro atoms. The Bertz CT molecular complexity index is 220. The van der Waals surface area contributed by atoms with E-state index in [1.54, 1.807) is 0 Å². The summed E-state index contributed by atoms with van der Waals surface area (Å²) < 4.78 is 44.1. The predicted octanol–water partition coefficient (Wildman–Crippen LogP) is -0.200. The number of hydrogen-bond donors (Lipinski definition) is 3. The quantitative estimate of drug-likeness (QED) is 0.547. The minimum atomic E-state index is -5.12. The van der Waals surface area contributed by atoms with Crippen LogP contribution in [0.2, 0.25) is 0 Å². The van der Waals surface area contributed by atoms with Gasteiger partial charge >= 0.3 is 19.7 Å². The average molecular weight is 207 g/mol. The molecule has 0 saturated heterocycles. The number of carbonyl (C=O) groups is 1. The van der Waals surface area contributed by atoms with Crippen molar-refractivity contribution in [1.29, 1.82) is 0 Å². The molecule has 0 aliphatic rings. The molecule has 5 nitrogen and oxygen atoms in total. The van der Waals surface area contributed by atoms with Crippen molar-refractivity contribution in [3.8, 4) is 0 Å². The normalized spacial score (nSPS) is 12.8. The van der Waals surface area contributed by atoms with Gasteiger partial charge in [0.2, 0.25) is 0 Å². The lowest BCUT2D eigenvalue weighted by Crippen LogP contribution is -2.37. The second kappa shape index (κ2) is 3.42. The summed E-state index contributed by atoms with van der Waals surface area (Å²) in [6.45, 7) is 0. The Morgan fingerprint density at radius 1 is 1.42 bits per heavy atom. The molecule has 9 heteroatoms. The maximum atomic E-state index is 11.4. The Morgan fingerprint density at radius 2 is 1.83 bits per heavy atom. The van der Waals surface area contributed by atoms with Gasteiger partial charge in [0.25, 0.3) is 0 Å². The lowest BCUT2D eigenvalue weighted by molar-refractivity contribution is -0.173. The van der Waals surface area contributed by atoms with Crippen molar-refractivity contribution in [2.45, 2.75) is 6.18 Å². The van der Waals surface area contributed by atoms with E-state index in [4.69, 9.17) is 9.79 Å². The van der Waals surface area contributed by atoms with Crippen LogP contribution in [-0.2, 0) is 9.36 Å². The first-order valence-corrected chi connectivity index (χ1v) is 4.32. The van der Waals surface area contributed by atoms with E-state index in [2.05, 4.69) is 0 Å². The van der Waals surface area contributed by atoms with Crippen molar-refractivity contribution >= 4 is 13.5 Å². The fraction of sp³-hybridized carbons (Fsp3) is 0.667. The summed E-state index contributed by atoms with van der Waals surface area (Å²) in [7, 11) is -4.62. The first kappa shape index (κ1) is 11.4. The molecule has 0 bridgehead atoms. The van der Waals surface area contributed by atoms with Gasteiger partial charge in [0.15, 0.2) is 0 Å². The van der Waals surface area contributed by atoms with Gasteiger partial charge in [0.1, 0.15) is 6.29 Å². The molecule has 72 valence electrons. The van der Waals surface area contributed by atoms with Crippen molar-refractivity contribution in [1.82, 2.24) is 5.32 Å². The summed E-state index contributed by atoms with van der Waals surface area (Å²) in [5.74, 6) is -2.37.